The summed E-state index contributed by atoms with van der Waals surface area (Å²) < 4.78 is 5.45. The molecule has 1 heterocycles. The smallest absolute Gasteiger partial charge is 0.311 e. The Morgan fingerprint density at radius 2 is 1.86 bits per heavy atom. The van der Waals surface area contributed by atoms with Crippen LogP contribution in [-0.4, -0.2) is 19.1 Å². The summed E-state index contributed by atoms with van der Waals surface area (Å²) in [4.78, 5) is 14.5. The molecule has 0 radical (unpaired) electrons. The number of nitrogens with zero attached hydrogens (tertiary/aromatic N) is 1. The molecule has 1 unspecified atom stereocenters. The Bertz CT molecular complexity index is 622. The van der Waals surface area contributed by atoms with E-state index in [0.29, 0.717) is 6.61 Å². The third kappa shape index (κ3) is 3.48. The van der Waals surface area contributed by atoms with Crippen LogP contribution in [0.3, 0.4) is 0 Å². The van der Waals surface area contributed by atoms with Crippen molar-refractivity contribution in [2.24, 2.45) is 5.92 Å². The molecule has 22 heavy (non-hydrogen) atoms. The predicted molar refractivity (Wildman–Crippen MR) is 87.7 cm³/mol. The maximum atomic E-state index is 12.2. The fourth-order valence-electron chi connectivity index (χ4n) is 2.79. The summed E-state index contributed by atoms with van der Waals surface area (Å²) in [7, 11) is 0. The van der Waals surface area contributed by atoms with Crippen LogP contribution in [0.5, 0.6) is 0 Å². The second-order valence-corrected chi connectivity index (χ2v) is 5.86. The number of carbonyl (C=O) groups excluding carboxylic acids is 1. The van der Waals surface area contributed by atoms with Crippen LogP contribution in [-0.2, 0) is 16.1 Å². The Morgan fingerprint density at radius 1 is 1.14 bits per heavy atom. The van der Waals surface area contributed by atoms with Crippen LogP contribution >= 0.6 is 0 Å². The van der Waals surface area contributed by atoms with Crippen molar-refractivity contribution < 1.29 is 9.53 Å². The van der Waals surface area contributed by atoms with E-state index >= 15 is 0 Å². The SMILES string of the molecule is Cc1ccc(N2CCC(C(=O)OCc3ccccc3)C2)cc1. The molecule has 0 aromatic heterocycles. The fourth-order valence-corrected chi connectivity index (χ4v) is 2.79. The molecule has 2 aromatic rings. The van der Waals surface area contributed by atoms with Crippen molar-refractivity contribution in [3.63, 3.8) is 0 Å². The van der Waals surface area contributed by atoms with Gasteiger partial charge < -0.3 is 9.64 Å². The fraction of sp³-hybridized carbons (Fsp3) is 0.316. The summed E-state index contributed by atoms with van der Waals surface area (Å²) in [6, 6.07) is 18.3. The topological polar surface area (TPSA) is 29.5 Å². The van der Waals surface area contributed by atoms with Gasteiger partial charge in [0.25, 0.3) is 0 Å². The molecular formula is C19H21NO2. The third-order valence-electron chi connectivity index (χ3n) is 4.14. The molecule has 3 heteroatoms. The van der Waals surface area contributed by atoms with Crippen molar-refractivity contribution in [2.45, 2.75) is 20.0 Å². The third-order valence-corrected chi connectivity index (χ3v) is 4.14. The number of anilines is 1. The van der Waals surface area contributed by atoms with Gasteiger partial charge >= 0.3 is 5.97 Å². The molecule has 0 amide bonds. The van der Waals surface area contributed by atoms with E-state index in [4.69, 9.17) is 4.74 Å². The Hall–Kier alpha value is -2.29. The van der Waals surface area contributed by atoms with Gasteiger partial charge in [0.2, 0.25) is 0 Å². The zero-order valence-corrected chi connectivity index (χ0v) is 12.9. The average molecular weight is 295 g/mol. The standard InChI is InChI=1S/C19H21NO2/c1-15-7-9-18(10-8-15)20-12-11-17(13-20)19(21)22-14-16-5-3-2-4-6-16/h2-10,17H,11-14H2,1H3. The zero-order valence-electron chi connectivity index (χ0n) is 12.9. The van der Waals surface area contributed by atoms with Crippen LogP contribution in [0.2, 0.25) is 0 Å². The molecule has 1 saturated heterocycles. The summed E-state index contributed by atoms with van der Waals surface area (Å²) >= 11 is 0. The van der Waals surface area contributed by atoms with E-state index in [-0.39, 0.29) is 11.9 Å². The minimum atomic E-state index is -0.0848. The van der Waals surface area contributed by atoms with Gasteiger partial charge in [-0.15, -0.1) is 0 Å². The lowest BCUT2D eigenvalue weighted by Crippen LogP contribution is -2.24. The van der Waals surface area contributed by atoms with E-state index < -0.39 is 0 Å². The molecule has 1 atom stereocenters. The number of hydrogen-bond donors (Lipinski definition) is 0. The Labute approximate surface area is 131 Å². The van der Waals surface area contributed by atoms with Crippen molar-refractivity contribution in [3.8, 4) is 0 Å². The lowest BCUT2D eigenvalue weighted by Gasteiger charge is -2.18. The molecule has 0 saturated carbocycles. The quantitative estimate of drug-likeness (QED) is 0.808. The second-order valence-electron chi connectivity index (χ2n) is 5.86. The van der Waals surface area contributed by atoms with Crippen LogP contribution in [0.25, 0.3) is 0 Å². The van der Waals surface area contributed by atoms with Crippen molar-refractivity contribution in [3.05, 3.63) is 65.7 Å². The van der Waals surface area contributed by atoms with Gasteiger partial charge in [-0.1, -0.05) is 48.0 Å². The number of ether oxygens (including phenoxy) is 1. The van der Waals surface area contributed by atoms with Gasteiger partial charge in [0, 0.05) is 18.8 Å². The van der Waals surface area contributed by atoms with Crippen LogP contribution in [0.1, 0.15) is 17.5 Å². The molecule has 0 spiro atoms. The minimum absolute atomic E-state index is 0.0231. The highest BCUT2D eigenvalue weighted by Gasteiger charge is 2.29. The Balaban J connectivity index is 1.53. The maximum Gasteiger partial charge on any atom is 0.311 e. The minimum Gasteiger partial charge on any atom is -0.461 e. The van der Waals surface area contributed by atoms with Gasteiger partial charge in [-0.2, -0.15) is 0 Å². The number of carbonyl (C=O) groups is 1. The lowest BCUT2D eigenvalue weighted by molar-refractivity contribution is -0.149. The molecule has 3 nitrogen and oxygen atoms in total. The van der Waals surface area contributed by atoms with Crippen molar-refractivity contribution >= 4 is 11.7 Å². The number of aryl methyl sites for hydroxylation is 1. The largest absolute Gasteiger partial charge is 0.461 e. The summed E-state index contributed by atoms with van der Waals surface area (Å²) in [5.41, 5.74) is 3.47. The first-order chi connectivity index (χ1) is 10.7. The van der Waals surface area contributed by atoms with Crippen LogP contribution in [0.15, 0.2) is 54.6 Å². The molecule has 1 aliphatic heterocycles. The first-order valence-electron chi connectivity index (χ1n) is 7.74. The van der Waals surface area contributed by atoms with E-state index in [9.17, 15) is 4.79 Å². The first-order valence-corrected chi connectivity index (χ1v) is 7.74. The van der Waals surface area contributed by atoms with Gasteiger partial charge in [0.15, 0.2) is 0 Å². The number of rotatable bonds is 4. The number of benzene rings is 2. The van der Waals surface area contributed by atoms with E-state index in [1.54, 1.807) is 0 Å². The summed E-state index contributed by atoms with van der Waals surface area (Å²) in [5.74, 6) is -0.108. The molecule has 0 N–H and O–H groups in total. The number of hydrogen-bond acceptors (Lipinski definition) is 3. The van der Waals surface area contributed by atoms with E-state index in [1.807, 2.05) is 30.3 Å². The van der Waals surface area contributed by atoms with Gasteiger partial charge in [0.1, 0.15) is 6.61 Å². The highest BCUT2D eigenvalue weighted by molar-refractivity contribution is 5.74. The van der Waals surface area contributed by atoms with Crippen molar-refractivity contribution in [2.75, 3.05) is 18.0 Å². The number of esters is 1. The van der Waals surface area contributed by atoms with E-state index in [0.717, 1.165) is 25.1 Å². The van der Waals surface area contributed by atoms with Crippen molar-refractivity contribution in [1.29, 1.82) is 0 Å². The van der Waals surface area contributed by atoms with E-state index in [1.165, 1.54) is 11.3 Å². The average Bonchev–Trinajstić information content (AvgIpc) is 3.04. The molecular weight excluding hydrogens is 274 g/mol. The summed E-state index contributed by atoms with van der Waals surface area (Å²) in [6.07, 6.45) is 0.863. The van der Waals surface area contributed by atoms with Gasteiger partial charge in [0.05, 0.1) is 5.92 Å². The molecule has 1 aliphatic rings. The molecule has 0 bridgehead atoms. The van der Waals surface area contributed by atoms with Crippen LogP contribution < -0.4 is 4.90 Å². The Kier molecular flexibility index (Phi) is 4.42. The second kappa shape index (κ2) is 6.65. The summed E-state index contributed by atoms with van der Waals surface area (Å²) in [5, 5.41) is 0. The summed E-state index contributed by atoms with van der Waals surface area (Å²) in [6.45, 7) is 4.10. The molecule has 3 rings (SSSR count). The monoisotopic (exact) mass is 295 g/mol. The molecule has 0 aliphatic carbocycles. The maximum absolute atomic E-state index is 12.2. The molecule has 1 fully saturated rings. The molecule has 2 aromatic carbocycles. The Morgan fingerprint density at radius 3 is 2.59 bits per heavy atom. The highest BCUT2D eigenvalue weighted by atomic mass is 16.5. The normalized spacial score (nSPS) is 17.5. The zero-order chi connectivity index (χ0) is 15.4. The lowest BCUT2D eigenvalue weighted by atomic mass is 10.1. The first kappa shape index (κ1) is 14.6. The van der Waals surface area contributed by atoms with Gasteiger partial charge in [-0.05, 0) is 31.0 Å². The van der Waals surface area contributed by atoms with Crippen LogP contribution in [0.4, 0.5) is 5.69 Å². The van der Waals surface area contributed by atoms with Gasteiger partial charge in [-0.3, -0.25) is 4.79 Å². The predicted octanol–water partition coefficient (Wildman–Crippen LogP) is 3.56. The molecule has 114 valence electrons. The van der Waals surface area contributed by atoms with E-state index in [2.05, 4.69) is 36.1 Å². The highest BCUT2D eigenvalue weighted by Crippen LogP contribution is 2.25. The van der Waals surface area contributed by atoms with Gasteiger partial charge in [-0.25, -0.2) is 0 Å². The van der Waals surface area contributed by atoms with Crippen molar-refractivity contribution in [1.82, 2.24) is 0 Å². The van der Waals surface area contributed by atoms with Crippen LogP contribution in [0, 0.1) is 12.8 Å².